The molecule has 49 heavy (non-hydrogen) atoms. The number of carbonyl (C=O) groups is 5. The van der Waals surface area contributed by atoms with Crippen LogP contribution in [0, 0.1) is 11.3 Å². The maximum Gasteiger partial charge on any atom is 0.315 e. The molecule has 15 heteroatoms. The van der Waals surface area contributed by atoms with Gasteiger partial charge in [0.1, 0.15) is 12.1 Å². The van der Waals surface area contributed by atoms with Crippen LogP contribution in [-0.2, 0) is 35.7 Å². The highest BCUT2D eigenvalue weighted by Gasteiger charge is 2.46. The first kappa shape index (κ1) is 37.0. The van der Waals surface area contributed by atoms with Crippen LogP contribution in [0.1, 0.15) is 89.9 Å². The normalized spacial score (nSPS) is 22.8. The lowest BCUT2D eigenvalue weighted by Gasteiger charge is -2.41. The number of amides is 5. The number of sulfonamides is 1. The Morgan fingerprint density at radius 3 is 2.41 bits per heavy atom. The second kappa shape index (κ2) is 14.9. The molecule has 1 saturated heterocycles. The topological polar surface area (TPSA) is 174 Å². The van der Waals surface area contributed by atoms with Crippen molar-refractivity contribution in [2.75, 3.05) is 19.6 Å². The Labute approximate surface area is 293 Å². The van der Waals surface area contributed by atoms with Crippen molar-refractivity contribution >= 4 is 50.9 Å². The molecule has 0 aromatic carbocycles. The van der Waals surface area contributed by atoms with E-state index in [1.807, 2.05) is 20.8 Å². The Morgan fingerprint density at radius 1 is 1.06 bits per heavy atom. The van der Waals surface area contributed by atoms with Gasteiger partial charge in [0.25, 0.3) is 5.91 Å². The second-order valence-corrected chi connectivity index (χ2v) is 17.9. The molecule has 2 aliphatic carbocycles. The van der Waals surface area contributed by atoms with Gasteiger partial charge >= 0.3 is 6.03 Å². The fourth-order valence-electron chi connectivity index (χ4n) is 7.21. The Hall–Kier alpha value is -3.30. The maximum absolute atomic E-state index is 14.2. The highest BCUT2D eigenvalue weighted by molar-refractivity contribution is 7.89. The van der Waals surface area contributed by atoms with Crippen LogP contribution in [0.25, 0.3) is 0 Å². The molecule has 3 fully saturated rings. The lowest BCUT2D eigenvalue weighted by molar-refractivity contribution is -0.143. The van der Waals surface area contributed by atoms with E-state index in [1.165, 1.54) is 26.6 Å². The first-order valence-corrected chi connectivity index (χ1v) is 19.7. The van der Waals surface area contributed by atoms with Crippen molar-refractivity contribution in [3.8, 4) is 0 Å². The van der Waals surface area contributed by atoms with Gasteiger partial charge in [0.2, 0.25) is 27.6 Å². The van der Waals surface area contributed by atoms with Crippen molar-refractivity contribution in [3.05, 3.63) is 29.0 Å². The van der Waals surface area contributed by atoms with E-state index in [0.717, 1.165) is 37.0 Å². The van der Waals surface area contributed by atoms with Gasteiger partial charge in [-0.15, -0.1) is 17.9 Å². The van der Waals surface area contributed by atoms with E-state index in [-0.39, 0.29) is 25.6 Å². The summed E-state index contributed by atoms with van der Waals surface area (Å²) in [5.74, 6) is -2.18. The van der Waals surface area contributed by atoms with Crippen LogP contribution >= 0.6 is 11.3 Å². The van der Waals surface area contributed by atoms with E-state index >= 15 is 0 Å². The van der Waals surface area contributed by atoms with E-state index in [4.69, 9.17) is 0 Å². The van der Waals surface area contributed by atoms with Gasteiger partial charge < -0.3 is 26.2 Å². The molecule has 2 saturated carbocycles. The quantitative estimate of drug-likeness (QED) is 0.179. The van der Waals surface area contributed by atoms with Crippen LogP contribution in [0.4, 0.5) is 4.79 Å². The smallest absolute Gasteiger partial charge is 0.315 e. The Balaban J connectivity index is 1.27. The zero-order valence-corrected chi connectivity index (χ0v) is 30.3. The highest BCUT2D eigenvalue weighted by atomic mass is 32.2. The zero-order chi connectivity index (χ0) is 35.6. The number of nitrogens with zero attached hydrogens (tertiary/aromatic N) is 2. The Bertz CT molecular complexity index is 1560. The number of Topliss-reactive ketones (excluding diaryl/α,β-unsaturated/α-hetero) is 1. The molecule has 1 aromatic rings. The standard InChI is InChI=1S/C34H50N6O7S2/c1-5-16-35-30(43)27(41)23(19-22-11-12-22)36-29(42)24-10-9-17-40(24)31(44)28(33(2,3)4)37-32(45)38-34(14-7-6-8-15-34)21-39-20-25-26(13-18-48-25)49(39,46)47/h5,13,18,22-24,28H,1,6-12,14-17,19-21H2,2-4H3,(H,35,43)(H,36,42)(H2,37,38,45)/t23?,24-,28+/m0/s1. The summed E-state index contributed by atoms with van der Waals surface area (Å²) in [6.07, 6.45) is 8.48. The molecule has 5 amide bonds. The third-order valence-electron chi connectivity index (χ3n) is 10.1. The fraction of sp³-hybridized carbons (Fsp3) is 0.676. The number of carbonyl (C=O) groups excluding carboxylic acids is 5. The maximum atomic E-state index is 14.2. The van der Waals surface area contributed by atoms with E-state index in [9.17, 15) is 32.4 Å². The number of nitrogens with one attached hydrogen (secondary N) is 4. The summed E-state index contributed by atoms with van der Waals surface area (Å²) in [4.78, 5) is 69.6. The molecule has 3 heterocycles. The average molecular weight is 719 g/mol. The molecular weight excluding hydrogens is 669 g/mol. The summed E-state index contributed by atoms with van der Waals surface area (Å²) in [6.45, 7) is 9.88. The summed E-state index contributed by atoms with van der Waals surface area (Å²) in [7, 11) is -3.66. The number of ketones is 1. The van der Waals surface area contributed by atoms with Gasteiger partial charge in [0.05, 0.1) is 16.5 Å². The number of hydrogen-bond donors (Lipinski definition) is 4. The van der Waals surface area contributed by atoms with Crippen molar-refractivity contribution in [1.82, 2.24) is 30.5 Å². The molecule has 13 nitrogen and oxygen atoms in total. The number of likely N-dealkylation sites (tertiary alicyclic amines) is 1. The van der Waals surface area contributed by atoms with Crippen molar-refractivity contribution < 1.29 is 32.4 Å². The van der Waals surface area contributed by atoms with Crippen LogP contribution in [0.5, 0.6) is 0 Å². The van der Waals surface area contributed by atoms with Crippen LogP contribution in [-0.4, -0.2) is 90.5 Å². The molecule has 1 aromatic heterocycles. The number of urea groups is 1. The van der Waals surface area contributed by atoms with Crippen molar-refractivity contribution in [2.45, 2.75) is 120 Å². The SMILES string of the molecule is C=CCNC(=O)C(=O)C(CC1CC1)NC(=O)[C@@H]1CCCN1C(=O)[C@@H](NC(=O)NC1(CN2Cc3sccc3S2(=O)=O)CCCCC1)C(C)(C)C. The zero-order valence-electron chi connectivity index (χ0n) is 28.7. The van der Waals surface area contributed by atoms with Crippen molar-refractivity contribution in [2.24, 2.45) is 11.3 Å². The lowest BCUT2D eigenvalue weighted by Crippen LogP contribution is -2.63. The van der Waals surface area contributed by atoms with E-state index < -0.39 is 68.6 Å². The minimum atomic E-state index is -3.66. The van der Waals surface area contributed by atoms with Gasteiger partial charge in [0.15, 0.2) is 0 Å². The van der Waals surface area contributed by atoms with Gasteiger partial charge in [-0.2, -0.15) is 4.31 Å². The summed E-state index contributed by atoms with van der Waals surface area (Å²) in [6, 6.07) is -1.80. The number of fused-ring (bicyclic) bond motifs is 1. The number of thiophene rings is 1. The lowest BCUT2D eigenvalue weighted by atomic mass is 9.81. The van der Waals surface area contributed by atoms with Gasteiger partial charge in [0, 0.05) is 31.1 Å². The van der Waals surface area contributed by atoms with Crippen LogP contribution in [0.2, 0.25) is 0 Å². The highest BCUT2D eigenvalue weighted by Crippen LogP contribution is 2.38. The molecule has 4 aliphatic rings. The van der Waals surface area contributed by atoms with E-state index in [1.54, 1.807) is 11.4 Å². The van der Waals surface area contributed by atoms with Gasteiger partial charge in [-0.3, -0.25) is 19.2 Å². The molecular formula is C34H50N6O7S2. The summed E-state index contributed by atoms with van der Waals surface area (Å²) in [5.41, 5.74) is -1.54. The molecule has 270 valence electrons. The molecule has 5 rings (SSSR count). The Kier molecular flexibility index (Phi) is 11.2. The number of rotatable bonds is 13. The fourth-order valence-corrected chi connectivity index (χ4v) is 10.2. The minimum absolute atomic E-state index is 0.128. The summed E-state index contributed by atoms with van der Waals surface area (Å²) < 4.78 is 28.0. The van der Waals surface area contributed by atoms with E-state index in [2.05, 4.69) is 27.8 Å². The summed E-state index contributed by atoms with van der Waals surface area (Å²) in [5, 5.41) is 13.0. The molecule has 1 unspecified atom stereocenters. The first-order valence-electron chi connectivity index (χ1n) is 17.3. The monoisotopic (exact) mass is 718 g/mol. The second-order valence-electron chi connectivity index (χ2n) is 15.0. The minimum Gasteiger partial charge on any atom is -0.346 e. The molecule has 4 N–H and O–H groups in total. The van der Waals surface area contributed by atoms with Gasteiger partial charge in [-0.1, -0.05) is 59.0 Å². The Morgan fingerprint density at radius 2 is 1.78 bits per heavy atom. The molecule has 0 radical (unpaired) electrons. The largest absolute Gasteiger partial charge is 0.346 e. The van der Waals surface area contributed by atoms with Gasteiger partial charge in [-0.25, -0.2) is 13.2 Å². The molecule has 0 spiro atoms. The van der Waals surface area contributed by atoms with Crippen LogP contribution in [0.3, 0.4) is 0 Å². The van der Waals surface area contributed by atoms with Crippen molar-refractivity contribution in [3.63, 3.8) is 0 Å². The predicted octanol–water partition coefficient (Wildman–Crippen LogP) is 2.82. The van der Waals surface area contributed by atoms with E-state index in [0.29, 0.717) is 43.5 Å². The first-order chi connectivity index (χ1) is 23.1. The van der Waals surface area contributed by atoms with Gasteiger partial charge in [-0.05, 0) is 54.9 Å². The predicted molar refractivity (Wildman–Crippen MR) is 185 cm³/mol. The number of hydrogen-bond acceptors (Lipinski definition) is 8. The third kappa shape index (κ3) is 8.54. The van der Waals surface area contributed by atoms with Crippen LogP contribution in [0.15, 0.2) is 29.0 Å². The molecule has 0 bridgehead atoms. The van der Waals surface area contributed by atoms with Crippen LogP contribution < -0.4 is 21.3 Å². The molecule has 3 atom stereocenters. The molecule has 2 aliphatic heterocycles. The van der Waals surface area contributed by atoms with Crippen molar-refractivity contribution in [1.29, 1.82) is 0 Å². The summed E-state index contributed by atoms with van der Waals surface area (Å²) >= 11 is 1.41. The average Bonchev–Trinajstić information content (AvgIpc) is 3.41. The third-order valence-corrected chi connectivity index (χ3v) is 13.0.